The molecule has 0 fully saturated rings. The summed E-state index contributed by atoms with van der Waals surface area (Å²) in [6, 6.07) is 28.3. The Morgan fingerprint density at radius 2 is 1.35 bits per heavy atom. The van der Waals surface area contributed by atoms with Gasteiger partial charge in [0.25, 0.3) is 17.7 Å². The molecule has 7 rings (SSSR count). The lowest BCUT2D eigenvalue weighted by Crippen LogP contribution is -2.29. The number of rotatable bonds is 9. The summed E-state index contributed by atoms with van der Waals surface area (Å²) in [5.74, 6) is 0.770. The Morgan fingerprint density at radius 1 is 0.721 bits per heavy atom. The first-order valence-corrected chi connectivity index (χ1v) is 14.3. The molecule has 212 valence electrons. The van der Waals surface area contributed by atoms with Crippen molar-refractivity contribution in [3.8, 4) is 0 Å². The topological polar surface area (TPSA) is 124 Å². The molecule has 0 radical (unpaired) electrons. The molecule has 9 heteroatoms. The quantitative estimate of drug-likeness (QED) is 0.164. The normalized spacial score (nSPS) is 12.8. The molecule has 4 aromatic carbocycles. The van der Waals surface area contributed by atoms with Crippen LogP contribution in [0.4, 0.5) is 0 Å². The van der Waals surface area contributed by atoms with Gasteiger partial charge in [-0.1, -0.05) is 48.5 Å². The van der Waals surface area contributed by atoms with Crippen molar-refractivity contribution in [2.75, 3.05) is 6.54 Å². The highest BCUT2D eigenvalue weighted by molar-refractivity contribution is 6.21. The van der Waals surface area contributed by atoms with Gasteiger partial charge in [-0.15, -0.1) is 0 Å². The van der Waals surface area contributed by atoms with Crippen LogP contribution in [-0.4, -0.2) is 49.1 Å². The summed E-state index contributed by atoms with van der Waals surface area (Å²) in [7, 11) is 0. The molecule has 3 N–H and O–H groups in total. The van der Waals surface area contributed by atoms with Gasteiger partial charge >= 0.3 is 0 Å². The molecule has 1 aliphatic heterocycles. The Bertz CT molecular complexity index is 1970. The molecular formula is C34H28N6O3. The number of carbonyl (C=O) groups is 3. The summed E-state index contributed by atoms with van der Waals surface area (Å²) in [4.78, 5) is 55.6. The second kappa shape index (κ2) is 11.0. The molecule has 0 unspecified atom stereocenters. The minimum atomic E-state index is -0.281. The number of nitrogens with zero attached hydrogens (tertiary/aromatic N) is 3. The Kier molecular flexibility index (Phi) is 6.75. The van der Waals surface area contributed by atoms with E-state index in [9.17, 15) is 14.4 Å². The minimum absolute atomic E-state index is 0.117. The Hall–Kier alpha value is -5.57. The lowest BCUT2D eigenvalue weighted by Gasteiger charge is -2.13. The number of imidazole rings is 2. The number of fused-ring (bicyclic) bond motifs is 3. The van der Waals surface area contributed by atoms with E-state index in [-0.39, 0.29) is 24.3 Å². The van der Waals surface area contributed by atoms with Crippen molar-refractivity contribution in [1.82, 2.24) is 30.2 Å². The number of hydrogen-bond acceptors (Lipinski definition) is 5. The maximum Gasteiger partial charge on any atom is 0.261 e. The van der Waals surface area contributed by atoms with Gasteiger partial charge in [0.1, 0.15) is 11.6 Å². The van der Waals surface area contributed by atoms with Crippen LogP contribution in [0.3, 0.4) is 0 Å². The van der Waals surface area contributed by atoms with Gasteiger partial charge in [0.2, 0.25) is 0 Å². The number of aromatic nitrogens is 4. The van der Waals surface area contributed by atoms with Crippen LogP contribution >= 0.6 is 0 Å². The summed E-state index contributed by atoms with van der Waals surface area (Å²) in [5.41, 5.74) is 6.67. The van der Waals surface area contributed by atoms with E-state index < -0.39 is 0 Å². The zero-order valence-electron chi connectivity index (χ0n) is 23.3. The van der Waals surface area contributed by atoms with Gasteiger partial charge < -0.3 is 15.3 Å². The maximum atomic E-state index is 12.8. The summed E-state index contributed by atoms with van der Waals surface area (Å²) < 4.78 is 0. The third-order valence-electron chi connectivity index (χ3n) is 7.72. The van der Waals surface area contributed by atoms with Crippen molar-refractivity contribution >= 4 is 39.8 Å². The van der Waals surface area contributed by atoms with Crippen LogP contribution in [0.25, 0.3) is 22.1 Å². The first-order chi connectivity index (χ1) is 21.0. The average Bonchev–Trinajstić information content (AvgIpc) is 3.69. The third-order valence-corrected chi connectivity index (χ3v) is 7.72. The number of H-pyrrole nitrogens is 2. The highest BCUT2D eigenvalue weighted by Gasteiger charge is 2.35. The van der Waals surface area contributed by atoms with Crippen LogP contribution in [0.5, 0.6) is 0 Å². The zero-order valence-corrected chi connectivity index (χ0v) is 23.3. The second-order valence-electron chi connectivity index (χ2n) is 10.7. The van der Waals surface area contributed by atoms with Crippen molar-refractivity contribution in [2.45, 2.75) is 25.8 Å². The standard InChI is InChI=1S/C34H28N6O3/c41-32(35-16-6-9-21-7-2-1-3-8-21)23-13-15-27-29(18-23)39-31(37-27)19-30-36-26-14-12-22(17-28(26)38-30)20-40-33(42)24-10-4-5-11-25(24)34(40)43/h1-5,7-8,10-15,17-18H,6,9,16,19-20H2,(H,35,41)(H,36,38)(H,37,39). The fraction of sp³-hybridized carbons (Fsp3) is 0.147. The van der Waals surface area contributed by atoms with E-state index in [0.717, 1.165) is 46.6 Å². The van der Waals surface area contributed by atoms with Gasteiger partial charge in [0.05, 0.1) is 46.2 Å². The molecule has 0 atom stereocenters. The Balaban J connectivity index is 1.00. The lowest BCUT2D eigenvalue weighted by atomic mass is 10.1. The van der Waals surface area contributed by atoms with Gasteiger partial charge in [0, 0.05) is 12.1 Å². The molecule has 3 amide bonds. The molecular weight excluding hydrogens is 540 g/mol. The zero-order chi connectivity index (χ0) is 29.3. The van der Waals surface area contributed by atoms with Crippen molar-refractivity contribution in [2.24, 2.45) is 0 Å². The van der Waals surface area contributed by atoms with Crippen molar-refractivity contribution in [3.05, 3.63) is 130 Å². The van der Waals surface area contributed by atoms with E-state index in [2.05, 4.69) is 27.4 Å². The van der Waals surface area contributed by atoms with Crippen LogP contribution in [0.1, 0.15) is 60.3 Å². The number of carbonyl (C=O) groups excluding carboxylic acids is 3. The third kappa shape index (κ3) is 5.28. The minimum Gasteiger partial charge on any atom is -0.352 e. The van der Waals surface area contributed by atoms with Gasteiger partial charge in [-0.3, -0.25) is 19.3 Å². The number of aromatic amines is 2. The maximum absolute atomic E-state index is 12.8. The fourth-order valence-electron chi connectivity index (χ4n) is 5.53. The SMILES string of the molecule is O=C(NCCCc1ccccc1)c1ccc2[nH]c(Cc3nc4cc(CN5C(=O)c6ccccc6C5=O)ccc4[nH]3)nc2c1. The van der Waals surface area contributed by atoms with E-state index in [0.29, 0.717) is 35.2 Å². The molecule has 0 aliphatic carbocycles. The van der Waals surface area contributed by atoms with E-state index >= 15 is 0 Å². The Morgan fingerprint density at radius 3 is 2.05 bits per heavy atom. The smallest absolute Gasteiger partial charge is 0.261 e. The number of imide groups is 1. The summed E-state index contributed by atoms with van der Waals surface area (Å²) in [5, 5.41) is 3.00. The second-order valence-corrected chi connectivity index (χ2v) is 10.7. The predicted molar refractivity (Wildman–Crippen MR) is 163 cm³/mol. The molecule has 1 aliphatic rings. The van der Waals surface area contributed by atoms with E-state index in [1.165, 1.54) is 10.5 Å². The predicted octanol–water partition coefficient (Wildman–Crippen LogP) is 5.19. The molecule has 0 saturated carbocycles. The molecule has 0 saturated heterocycles. The van der Waals surface area contributed by atoms with Crippen LogP contribution in [0, 0.1) is 0 Å². The van der Waals surface area contributed by atoms with Gasteiger partial charge in [-0.25, -0.2) is 9.97 Å². The number of aryl methyl sites for hydroxylation is 1. The highest BCUT2D eigenvalue weighted by Crippen LogP contribution is 2.25. The lowest BCUT2D eigenvalue weighted by molar-refractivity contribution is 0.0642. The molecule has 0 bridgehead atoms. The number of hydrogen-bond donors (Lipinski definition) is 3. The van der Waals surface area contributed by atoms with E-state index in [4.69, 9.17) is 9.97 Å². The number of benzene rings is 4. The number of nitrogens with one attached hydrogen (secondary N) is 3. The largest absolute Gasteiger partial charge is 0.352 e. The van der Waals surface area contributed by atoms with Gasteiger partial charge in [0.15, 0.2) is 0 Å². The molecule has 2 aromatic heterocycles. The molecule has 43 heavy (non-hydrogen) atoms. The van der Waals surface area contributed by atoms with Gasteiger partial charge in [-0.05, 0) is 66.4 Å². The first kappa shape index (κ1) is 26.3. The van der Waals surface area contributed by atoms with E-state index in [1.807, 2.05) is 42.5 Å². The first-order valence-electron chi connectivity index (χ1n) is 14.3. The van der Waals surface area contributed by atoms with Crippen molar-refractivity contribution < 1.29 is 14.4 Å². The molecule has 0 spiro atoms. The van der Waals surface area contributed by atoms with Crippen molar-refractivity contribution in [3.63, 3.8) is 0 Å². The average molecular weight is 569 g/mol. The van der Waals surface area contributed by atoms with Crippen molar-refractivity contribution in [1.29, 1.82) is 0 Å². The molecule has 6 aromatic rings. The fourth-order valence-corrected chi connectivity index (χ4v) is 5.53. The summed E-state index contributed by atoms with van der Waals surface area (Å²) >= 11 is 0. The monoisotopic (exact) mass is 568 g/mol. The van der Waals surface area contributed by atoms with Crippen LogP contribution in [0.15, 0.2) is 91.0 Å². The van der Waals surface area contributed by atoms with Crippen LogP contribution in [0.2, 0.25) is 0 Å². The summed E-state index contributed by atoms with van der Waals surface area (Å²) in [6.07, 6.45) is 2.23. The Labute approximate surface area is 247 Å². The van der Waals surface area contributed by atoms with Crippen LogP contribution in [-0.2, 0) is 19.4 Å². The number of amides is 3. The van der Waals surface area contributed by atoms with Crippen LogP contribution < -0.4 is 5.32 Å². The van der Waals surface area contributed by atoms with E-state index in [1.54, 1.807) is 36.4 Å². The summed E-state index contributed by atoms with van der Waals surface area (Å²) in [6.45, 7) is 0.778. The molecule has 3 heterocycles. The highest BCUT2D eigenvalue weighted by atomic mass is 16.2. The molecule has 9 nitrogen and oxygen atoms in total. The van der Waals surface area contributed by atoms with Gasteiger partial charge in [-0.2, -0.15) is 0 Å².